The molecule has 1 saturated heterocycles. The summed E-state index contributed by atoms with van der Waals surface area (Å²) in [5, 5.41) is 3.44. The number of benzene rings is 1. The normalized spacial score (nSPS) is 25.4. The molecule has 1 fully saturated rings. The highest BCUT2D eigenvalue weighted by Gasteiger charge is 2.18. The summed E-state index contributed by atoms with van der Waals surface area (Å²) >= 11 is 3.39. The maximum Gasteiger partial charge on any atom is 0.119 e. The van der Waals surface area contributed by atoms with Crippen LogP contribution in [0, 0.1) is 0 Å². The summed E-state index contributed by atoms with van der Waals surface area (Å²) in [6.07, 6.45) is 0. The summed E-state index contributed by atoms with van der Waals surface area (Å²) in [4.78, 5) is 0. The van der Waals surface area contributed by atoms with Gasteiger partial charge in [0.1, 0.15) is 12.4 Å². The molecule has 0 saturated carbocycles. The van der Waals surface area contributed by atoms with Crippen LogP contribution in [-0.2, 0) is 4.74 Å². The molecule has 0 radical (unpaired) electrons. The molecule has 0 amide bonds. The van der Waals surface area contributed by atoms with Crippen LogP contribution in [0.15, 0.2) is 28.7 Å². The van der Waals surface area contributed by atoms with Gasteiger partial charge in [-0.15, -0.1) is 0 Å². The maximum absolute atomic E-state index is 5.69. The Morgan fingerprint density at radius 1 is 1.38 bits per heavy atom. The zero-order valence-corrected chi connectivity index (χ0v) is 10.9. The second-order valence-corrected chi connectivity index (χ2v) is 4.98. The predicted octanol–water partition coefficient (Wildman–Crippen LogP) is 2.20. The van der Waals surface area contributed by atoms with Crippen molar-refractivity contribution in [2.24, 2.45) is 0 Å². The molecule has 2 atom stereocenters. The highest BCUT2D eigenvalue weighted by molar-refractivity contribution is 9.10. The van der Waals surface area contributed by atoms with E-state index in [9.17, 15) is 0 Å². The molecule has 1 unspecified atom stereocenters. The molecule has 0 bridgehead atoms. The minimum absolute atomic E-state index is 0.285. The van der Waals surface area contributed by atoms with Crippen molar-refractivity contribution in [3.63, 3.8) is 0 Å². The Morgan fingerprint density at radius 3 is 2.81 bits per heavy atom. The van der Waals surface area contributed by atoms with Crippen LogP contribution in [0.5, 0.6) is 5.75 Å². The molecule has 2 rings (SSSR count). The lowest BCUT2D eigenvalue weighted by Crippen LogP contribution is -2.50. The van der Waals surface area contributed by atoms with E-state index in [4.69, 9.17) is 9.47 Å². The summed E-state index contributed by atoms with van der Waals surface area (Å²) in [6.45, 7) is 4.27. The largest absolute Gasteiger partial charge is 0.492 e. The van der Waals surface area contributed by atoms with Crippen molar-refractivity contribution in [1.29, 1.82) is 0 Å². The van der Waals surface area contributed by atoms with Crippen LogP contribution < -0.4 is 10.1 Å². The molecule has 1 aliphatic rings. The van der Waals surface area contributed by atoms with E-state index in [1.54, 1.807) is 0 Å². The van der Waals surface area contributed by atoms with Crippen molar-refractivity contribution in [2.75, 3.05) is 19.8 Å². The van der Waals surface area contributed by atoms with Gasteiger partial charge < -0.3 is 14.8 Å². The van der Waals surface area contributed by atoms with Gasteiger partial charge in [0.05, 0.1) is 19.3 Å². The smallest absolute Gasteiger partial charge is 0.119 e. The summed E-state index contributed by atoms with van der Waals surface area (Å²) < 4.78 is 12.2. The lowest BCUT2D eigenvalue weighted by Gasteiger charge is -2.28. The fraction of sp³-hybridized carbons (Fsp3) is 0.500. The first-order valence-electron chi connectivity index (χ1n) is 5.46. The molecule has 0 aliphatic carbocycles. The third-order valence-corrected chi connectivity index (χ3v) is 3.00. The quantitative estimate of drug-likeness (QED) is 0.924. The first kappa shape index (κ1) is 11.9. The molecule has 1 heterocycles. The van der Waals surface area contributed by atoms with Gasteiger partial charge in [-0.1, -0.05) is 15.9 Å². The number of hydrogen-bond acceptors (Lipinski definition) is 3. The topological polar surface area (TPSA) is 30.5 Å². The van der Waals surface area contributed by atoms with Crippen molar-refractivity contribution in [3.05, 3.63) is 28.7 Å². The van der Waals surface area contributed by atoms with Crippen LogP contribution in [0.2, 0.25) is 0 Å². The molecule has 0 aromatic heterocycles. The van der Waals surface area contributed by atoms with Crippen molar-refractivity contribution in [3.8, 4) is 5.75 Å². The van der Waals surface area contributed by atoms with Gasteiger partial charge in [0.2, 0.25) is 0 Å². The van der Waals surface area contributed by atoms with Crippen LogP contribution in [0.4, 0.5) is 0 Å². The molecule has 4 heteroatoms. The van der Waals surface area contributed by atoms with Crippen LogP contribution >= 0.6 is 15.9 Å². The number of rotatable bonds is 3. The van der Waals surface area contributed by atoms with Crippen LogP contribution in [0.3, 0.4) is 0 Å². The molecule has 1 N–H and O–H groups in total. The molecule has 1 aromatic carbocycles. The van der Waals surface area contributed by atoms with E-state index in [0.717, 1.165) is 23.4 Å². The van der Waals surface area contributed by atoms with Gasteiger partial charge in [-0.05, 0) is 31.2 Å². The minimum atomic E-state index is 0.285. The van der Waals surface area contributed by atoms with E-state index >= 15 is 0 Å². The van der Waals surface area contributed by atoms with Gasteiger partial charge in [0.25, 0.3) is 0 Å². The number of morpholine rings is 1. The molecular weight excluding hydrogens is 270 g/mol. The van der Waals surface area contributed by atoms with Gasteiger partial charge in [0, 0.05) is 10.5 Å². The summed E-state index contributed by atoms with van der Waals surface area (Å²) in [7, 11) is 0. The highest BCUT2D eigenvalue weighted by Crippen LogP contribution is 2.16. The van der Waals surface area contributed by atoms with E-state index in [-0.39, 0.29) is 6.04 Å². The minimum Gasteiger partial charge on any atom is -0.492 e. The maximum atomic E-state index is 5.69. The van der Waals surface area contributed by atoms with Gasteiger partial charge >= 0.3 is 0 Å². The second-order valence-electron chi connectivity index (χ2n) is 4.07. The van der Waals surface area contributed by atoms with Crippen molar-refractivity contribution < 1.29 is 9.47 Å². The Labute approximate surface area is 104 Å². The van der Waals surface area contributed by atoms with Gasteiger partial charge in [-0.3, -0.25) is 0 Å². The van der Waals surface area contributed by atoms with E-state index in [2.05, 4.69) is 28.2 Å². The van der Waals surface area contributed by atoms with Gasteiger partial charge in [-0.25, -0.2) is 0 Å². The number of ether oxygens (including phenoxy) is 2. The van der Waals surface area contributed by atoms with Crippen LogP contribution in [0.25, 0.3) is 0 Å². The molecular formula is C12H16BrNO2. The molecule has 88 valence electrons. The first-order chi connectivity index (χ1) is 7.74. The molecule has 1 aliphatic heterocycles. The SMILES string of the molecule is C[C@H]1COCC(COc2ccc(Br)cc2)N1. The zero-order chi connectivity index (χ0) is 11.4. The van der Waals surface area contributed by atoms with E-state index in [1.165, 1.54) is 0 Å². The molecule has 16 heavy (non-hydrogen) atoms. The third kappa shape index (κ3) is 3.47. The number of hydrogen-bond donors (Lipinski definition) is 1. The molecule has 1 aromatic rings. The molecule has 0 spiro atoms. The second kappa shape index (κ2) is 5.66. The summed E-state index contributed by atoms with van der Waals surface area (Å²) in [5.74, 6) is 0.892. The number of nitrogens with one attached hydrogen (secondary N) is 1. The van der Waals surface area contributed by atoms with Gasteiger partial charge in [0.15, 0.2) is 0 Å². The Kier molecular flexibility index (Phi) is 4.21. The highest BCUT2D eigenvalue weighted by atomic mass is 79.9. The predicted molar refractivity (Wildman–Crippen MR) is 66.8 cm³/mol. The van der Waals surface area contributed by atoms with Crippen molar-refractivity contribution >= 4 is 15.9 Å². The van der Waals surface area contributed by atoms with E-state index in [0.29, 0.717) is 12.6 Å². The van der Waals surface area contributed by atoms with Crippen molar-refractivity contribution in [2.45, 2.75) is 19.0 Å². The van der Waals surface area contributed by atoms with Crippen LogP contribution in [-0.4, -0.2) is 31.9 Å². The molecule has 3 nitrogen and oxygen atoms in total. The van der Waals surface area contributed by atoms with Crippen LogP contribution in [0.1, 0.15) is 6.92 Å². The standard InChI is InChI=1S/C12H16BrNO2/c1-9-6-15-7-11(14-9)8-16-12-4-2-10(13)3-5-12/h2-5,9,11,14H,6-8H2,1H3/t9-,11?/m0/s1. The Morgan fingerprint density at radius 2 is 2.12 bits per heavy atom. The van der Waals surface area contributed by atoms with Crippen molar-refractivity contribution in [1.82, 2.24) is 5.32 Å². The fourth-order valence-electron chi connectivity index (χ4n) is 1.71. The summed E-state index contributed by atoms with van der Waals surface area (Å²) in [6, 6.07) is 8.56. The fourth-order valence-corrected chi connectivity index (χ4v) is 1.97. The van der Waals surface area contributed by atoms with E-state index < -0.39 is 0 Å². The Bertz CT molecular complexity index is 328. The third-order valence-electron chi connectivity index (χ3n) is 2.47. The average Bonchev–Trinajstić information content (AvgIpc) is 2.28. The summed E-state index contributed by atoms with van der Waals surface area (Å²) in [5.41, 5.74) is 0. The lowest BCUT2D eigenvalue weighted by atomic mass is 10.2. The average molecular weight is 286 g/mol. The van der Waals surface area contributed by atoms with E-state index in [1.807, 2.05) is 24.3 Å². The number of halogens is 1. The first-order valence-corrected chi connectivity index (χ1v) is 6.25. The Hall–Kier alpha value is -0.580. The lowest BCUT2D eigenvalue weighted by molar-refractivity contribution is 0.0353. The monoisotopic (exact) mass is 285 g/mol. The van der Waals surface area contributed by atoms with Gasteiger partial charge in [-0.2, -0.15) is 0 Å². The zero-order valence-electron chi connectivity index (χ0n) is 9.28. The Balaban J connectivity index is 1.80.